The number of hydrogen-bond acceptors (Lipinski definition) is 4. The standard InChI is InChI=1S/C17H27N3O4S/c1-13-16(25(22,23)18-12-14-7-6-10-24-14)11-15(19(13)2)17(21)20-8-4-3-5-9-20/h11,14,18H,3-10,12H2,1-2H3. The zero-order valence-electron chi connectivity index (χ0n) is 15.0. The molecule has 3 heterocycles. The first-order valence-corrected chi connectivity index (χ1v) is 10.5. The number of nitrogens with one attached hydrogen (secondary N) is 1. The predicted octanol–water partition coefficient (Wildman–Crippen LogP) is 1.42. The van der Waals surface area contributed by atoms with Gasteiger partial charge in [0.25, 0.3) is 5.91 Å². The third-order valence-corrected chi connectivity index (χ3v) is 6.70. The Morgan fingerprint density at radius 2 is 2.00 bits per heavy atom. The number of carbonyl (C=O) groups is 1. The molecular formula is C17H27N3O4S. The van der Waals surface area contributed by atoms with Crippen molar-refractivity contribution in [2.45, 2.75) is 50.0 Å². The summed E-state index contributed by atoms with van der Waals surface area (Å²) in [6.45, 7) is 4.16. The molecule has 0 aliphatic carbocycles. The van der Waals surface area contributed by atoms with Crippen molar-refractivity contribution in [1.82, 2.24) is 14.2 Å². The molecule has 140 valence electrons. The highest BCUT2D eigenvalue weighted by Gasteiger charge is 2.28. The van der Waals surface area contributed by atoms with Crippen LogP contribution in [-0.4, -0.2) is 56.1 Å². The number of hydrogen-bond donors (Lipinski definition) is 1. The van der Waals surface area contributed by atoms with Gasteiger partial charge in [-0.1, -0.05) is 0 Å². The van der Waals surface area contributed by atoms with Gasteiger partial charge in [-0.15, -0.1) is 0 Å². The van der Waals surface area contributed by atoms with Crippen LogP contribution < -0.4 is 4.72 Å². The lowest BCUT2D eigenvalue weighted by Crippen LogP contribution is -2.36. The molecule has 1 N–H and O–H groups in total. The van der Waals surface area contributed by atoms with E-state index in [0.717, 1.165) is 45.2 Å². The Hall–Kier alpha value is -1.38. The first kappa shape index (κ1) is 18.4. The topological polar surface area (TPSA) is 80.6 Å². The molecule has 2 saturated heterocycles. The van der Waals surface area contributed by atoms with E-state index in [4.69, 9.17) is 4.74 Å². The highest BCUT2D eigenvalue weighted by Crippen LogP contribution is 2.22. The van der Waals surface area contributed by atoms with Gasteiger partial charge in [-0.2, -0.15) is 0 Å². The van der Waals surface area contributed by atoms with Crippen molar-refractivity contribution in [3.63, 3.8) is 0 Å². The second-order valence-corrected chi connectivity index (χ2v) is 8.61. The van der Waals surface area contributed by atoms with Gasteiger partial charge < -0.3 is 14.2 Å². The maximum Gasteiger partial charge on any atom is 0.270 e. The Balaban J connectivity index is 1.78. The van der Waals surface area contributed by atoms with E-state index in [1.165, 1.54) is 6.07 Å². The van der Waals surface area contributed by atoms with Crippen LogP contribution in [0.1, 0.15) is 48.3 Å². The summed E-state index contributed by atoms with van der Waals surface area (Å²) in [6, 6.07) is 1.50. The lowest BCUT2D eigenvalue weighted by molar-refractivity contribution is 0.0714. The molecule has 1 aromatic rings. The average molecular weight is 369 g/mol. The lowest BCUT2D eigenvalue weighted by Gasteiger charge is -2.26. The second-order valence-electron chi connectivity index (χ2n) is 6.88. The summed E-state index contributed by atoms with van der Waals surface area (Å²) in [5.74, 6) is -0.0918. The van der Waals surface area contributed by atoms with E-state index >= 15 is 0 Å². The van der Waals surface area contributed by atoms with Crippen molar-refractivity contribution < 1.29 is 17.9 Å². The van der Waals surface area contributed by atoms with Gasteiger partial charge in [0.15, 0.2) is 0 Å². The predicted molar refractivity (Wildman–Crippen MR) is 94.1 cm³/mol. The highest BCUT2D eigenvalue weighted by atomic mass is 32.2. The molecule has 0 saturated carbocycles. The van der Waals surface area contributed by atoms with Gasteiger partial charge in [0.1, 0.15) is 10.6 Å². The maximum atomic E-state index is 12.7. The molecule has 1 aromatic heterocycles. The molecule has 1 unspecified atom stereocenters. The number of ether oxygens (including phenoxy) is 1. The molecule has 8 heteroatoms. The summed E-state index contributed by atoms with van der Waals surface area (Å²) < 4.78 is 35.1. The molecule has 1 amide bonds. The third kappa shape index (κ3) is 3.91. The van der Waals surface area contributed by atoms with E-state index in [0.29, 0.717) is 18.0 Å². The normalized spacial score (nSPS) is 21.7. The maximum absolute atomic E-state index is 12.7. The van der Waals surface area contributed by atoms with Crippen molar-refractivity contribution in [3.8, 4) is 0 Å². The van der Waals surface area contributed by atoms with E-state index in [9.17, 15) is 13.2 Å². The van der Waals surface area contributed by atoms with E-state index in [1.54, 1.807) is 18.5 Å². The van der Waals surface area contributed by atoms with E-state index < -0.39 is 10.0 Å². The van der Waals surface area contributed by atoms with Crippen LogP contribution in [0.15, 0.2) is 11.0 Å². The SMILES string of the molecule is Cc1c(S(=O)(=O)NCC2CCCO2)cc(C(=O)N2CCCCC2)n1C. The molecule has 2 fully saturated rings. The van der Waals surface area contributed by atoms with E-state index in [2.05, 4.69) is 4.72 Å². The van der Waals surface area contributed by atoms with Gasteiger partial charge in [0.05, 0.1) is 6.10 Å². The zero-order valence-corrected chi connectivity index (χ0v) is 15.8. The van der Waals surface area contributed by atoms with E-state index in [1.807, 2.05) is 4.90 Å². The molecule has 3 rings (SSSR count). The molecular weight excluding hydrogens is 342 g/mol. The van der Waals surface area contributed by atoms with Gasteiger partial charge in [-0.25, -0.2) is 13.1 Å². The largest absolute Gasteiger partial charge is 0.377 e. The number of nitrogens with zero attached hydrogens (tertiary/aromatic N) is 2. The van der Waals surface area contributed by atoms with Crippen molar-refractivity contribution >= 4 is 15.9 Å². The Labute approximate surface area is 149 Å². The summed E-state index contributed by atoms with van der Waals surface area (Å²) in [7, 11) is -1.92. The van der Waals surface area contributed by atoms with Gasteiger partial charge in [-0.3, -0.25) is 4.79 Å². The number of likely N-dealkylation sites (tertiary alicyclic amines) is 1. The molecule has 1 atom stereocenters. The molecule has 0 aromatic carbocycles. The first-order chi connectivity index (χ1) is 11.9. The summed E-state index contributed by atoms with van der Waals surface area (Å²) in [4.78, 5) is 14.7. The van der Waals surface area contributed by atoms with Crippen LogP contribution in [0.3, 0.4) is 0 Å². The summed E-state index contributed by atoms with van der Waals surface area (Å²) >= 11 is 0. The molecule has 0 spiro atoms. The third-order valence-electron chi connectivity index (χ3n) is 5.17. The fourth-order valence-corrected chi connectivity index (χ4v) is 4.85. The molecule has 2 aliphatic rings. The number of aromatic nitrogens is 1. The van der Waals surface area contributed by atoms with Gasteiger partial charge >= 0.3 is 0 Å². The Kier molecular flexibility index (Phi) is 5.50. The number of piperidine rings is 1. The Morgan fingerprint density at radius 3 is 2.64 bits per heavy atom. The average Bonchev–Trinajstić information content (AvgIpc) is 3.23. The number of sulfonamides is 1. The van der Waals surface area contributed by atoms with E-state index in [-0.39, 0.29) is 23.5 Å². The second kappa shape index (κ2) is 7.47. The number of carbonyl (C=O) groups excluding carboxylic acids is 1. The van der Waals surface area contributed by atoms with Crippen LogP contribution in [0, 0.1) is 6.92 Å². The van der Waals surface area contributed by atoms with Crippen molar-refractivity contribution in [2.75, 3.05) is 26.2 Å². The minimum Gasteiger partial charge on any atom is -0.377 e. The quantitative estimate of drug-likeness (QED) is 0.851. The summed E-state index contributed by atoms with van der Waals surface area (Å²) in [5, 5.41) is 0. The lowest BCUT2D eigenvalue weighted by atomic mass is 10.1. The number of amides is 1. The fraction of sp³-hybridized carbons (Fsp3) is 0.706. The minimum atomic E-state index is -3.67. The Bertz CT molecular complexity index is 729. The van der Waals surface area contributed by atoms with Crippen molar-refractivity contribution in [1.29, 1.82) is 0 Å². The first-order valence-electron chi connectivity index (χ1n) is 8.97. The smallest absolute Gasteiger partial charge is 0.270 e. The highest BCUT2D eigenvalue weighted by molar-refractivity contribution is 7.89. The van der Waals surface area contributed by atoms with Crippen molar-refractivity contribution in [2.24, 2.45) is 7.05 Å². The monoisotopic (exact) mass is 369 g/mol. The molecule has 0 bridgehead atoms. The van der Waals surface area contributed by atoms with Crippen LogP contribution in [0.25, 0.3) is 0 Å². The molecule has 0 radical (unpaired) electrons. The van der Waals surface area contributed by atoms with Crippen LogP contribution in [0.4, 0.5) is 0 Å². The van der Waals surface area contributed by atoms with Crippen LogP contribution >= 0.6 is 0 Å². The van der Waals surface area contributed by atoms with Crippen LogP contribution in [0.5, 0.6) is 0 Å². The molecule has 2 aliphatic heterocycles. The molecule has 25 heavy (non-hydrogen) atoms. The number of rotatable bonds is 5. The fourth-order valence-electron chi connectivity index (χ4n) is 3.49. The van der Waals surface area contributed by atoms with Crippen molar-refractivity contribution in [3.05, 3.63) is 17.5 Å². The van der Waals surface area contributed by atoms with Gasteiger partial charge in [-0.05, 0) is 45.1 Å². The summed E-state index contributed by atoms with van der Waals surface area (Å²) in [6.07, 6.45) is 4.92. The summed E-state index contributed by atoms with van der Waals surface area (Å²) in [5.41, 5.74) is 0.997. The van der Waals surface area contributed by atoms with Crippen LogP contribution in [-0.2, 0) is 21.8 Å². The van der Waals surface area contributed by atoms with Gasteiger partial charge in [0.2, 0.25) is 10.0 Å². The zero-order chi connectivity index (χ0) is 18.0. The Morgan fingerprint density at radius 1 is 1.28 bits per heavy atom. The minimum absolute atomic E-state index is 0.0618. The van der Waals surface area contributed by atoms with Gasteiger partial charge in [0, 0.05) is 39.0 Å². The van der Waals surface area contributed by atoms with Crippen LogP contribution in [0.2, 0.25) is 0 Å². The molecule has 7 nitrogen and oxygen atoms in total.